The molecule has 3 atom stereocenters. The highest BCUT2D eigenvalue weighted by Gasteiger charge is 2.58. The third kappa shape index (κ3) is 4.64. The predicted molar refractivity (Wildman–Crippen MR) is 118 cm³/mol. The van der Waals surface area contributed by atoms with Gasteiger partial charge in [0.05, 0.1) is 0 Å². The summed E-state index contributed by atoms with van der Waals surface area (Å²) in [5.74, 6) is -2.04. The van der Waals surface area contributed by atoms with Crippen LogP contribution in [-0.4, -0.2) is 82.2 Å². The third-order valence-corrected chi connectivity index (χ3v) is 7.10. The molecule has 0 aromatic rings. The van der Waals surface area contributed by atoms with Crippen LogP contribution in [0.5, 0.6) is 0 Å². The van der Waals surface area contributed by atoms with E-state index in [-0.39, 0.29) is 0 Å². The van der Waals surface area contributed by atoms with Crippen LogP contribution >= 0.6 is 11.9 Å². The van der Waals surface area contributed by atoms with Crippen LogP contribution < -0.4 is 5.32 Å². The molecule has 10 nitrogen and oxygen atoms in total. The van der Waals surface area contributed by atoms with Crippen molar-refractivity contribution in [2.75, 3.05) is 7.05 Å². The first-order valence-corrected chi connectivity index (χ1v) is 14.0. The fourth-order valence-corrected chi connectivity index (χ4v) is 5.29. The van der Waals surface area contributed by atoms with E-state index in [4.69, 9.17) is 4.43 Å². The Labute approximate surface area is 187 Å². The van der Waals surface area contributed by atoms with Crippen LogP contribution in [0.2, 0.25) is 19.6 Å². The number of likely N-dealkylation sites (N-methyl/N-ethyl adjacent to an activating group) is 1. The summed E-state index contributed by atoms with van der Waals surface area (Å²) in [6.45, 7) is 15.4. The van der Waals surface area contributed by atoms with Gasteiger partial charge in [-0.1, -0.05) is 6.58 Å². The van der Waals surface area contributed by atoms with Gasteiger partial charge in [0, 0.05) is 14.0 Å². The Morgan fingerprint density at radius 2 is 1.74 bits per heavy atom. The van der Waals surface area contributed by atoms with Crippen molar-refractivity contribution < 1.29 is 28.4 Å². The van der Waals surface area contributed by atoms with Gasteiger partial charge in [-0.25, -0.2) is 9.10 Å². The summed E-state index contributed by atoms with van der Waals surface area (Å²) in [6.07, 6.45) is 0. The molecule has 0 spiro atoms. The summed E-state index contributed by atoms with van der Waals surface area (Å²) in [5, 5.41) is 1.67. The molecule has 5 amide bonds. The number of carbonyl (C=O) groups is 5. The summed E-state index contributed by atoms with van der Waals surface area (Å²) in [7, 11) is -0.755. The second-order valence-corrected chi connectivity index (χ2v) is 14.7. The lowest BCUT2D eigenvalue weighted by molar-refractivity contribution is -0.159. The van der Waals surface area contributed by atoms with Gasteiger partial charge in [0.1, 0.15) is 17.0 Å². The van der Waals surface area contributed by atoms with Gasteiger partial charge in [0.15, 0.2) is 6.04 Å². The summed E-state index contributed by atoms with van der Waals surface area (Å²) in [4.78, 5) is 65.4. The van der Waals surface area contributed by atoms with Crippen LogP contribution in [0.15, 0.2) is 12.2 Å². The highest BCUT2D eigenvalue weighted by atomic mass is 32.2. The largest absolute Gasteiger partial charge is 0.518 e. The molecule has 2 rings (SSSR count). The zero-order valence-electron chi connectivity index (χ0n) is 19.1. The number of hydrogen-bond acceptors (Lipinski definition) is 7. The number of amides is 5. The molecule has 0 aliphatic carbocycles. The summed E-state index contributed by atoms with van der Waals surface area (Å²) in [6, 6.07) is -2.64. The van der Waals surface area contributed by atoms with Gasteiger partial charge < -0.3 is 19.5 Å². The number of β-lactam (4-membered cyclic amide) rings is 1. The minimum atomic E-state index is -2.27. The van der Waals surface area contributed by atoms with Crippen LogP contribution in [-0.2, 0) is 23.6 Å². The Kier molecular flexibility index (Phi) is 6.67. The molecular formula is C19H30N4O6SSi. The maximum absolute atomic E-state index is 12.9. The van der Waals surface area contributed by atoms with Crippen molar-refractivity contribution in [3.8, 4) is 0 Å². The lowest BCUT2D eigenvalue weighted by atomic mass is 9.99. The van der Waals surface area contributed by atoms with Crippen LogP contribution in [0.1, 0.15) is 27.7 Å². The molecule has 12 heteroatoms. The first-order chi connectivity index (χ1) is 14.0. The minimum absolute atomic E-state index is 0.375. The van der Waals surface area contributed by atoms with Crippen molar-refractivity contribution in [2.24, 2.45) is 0 Å². The summed E-state index contributed by atoms with van der Waals surface area (Å²) in [5.41, 5.74) is -0.684. The molecule has 31 heavy (non-hydrogen) atoms. The summed E-state index contributed by atoms with van der Waals surface area (Å²) < 4.78 is 6.56. The number of likely N-dealkylation sites (tertiary alicyclic amines) is 1. The minimum Gasteiger partial charge on any atom is -0.518 e. The molecule has 0 aromatic carbocycles. The molecule has 2 aliphatic rings. The quantitative estimate of drug-likeness (QED) is 0.196. The first-order valence-electron chi connectivity index (χ1n) is 9.77. The van der Waals surface area contributed by atoms with Gasteiger partial charge in [-0.05, 0) is 57.9 Å². The van der Waals surface area contributed by atoms with Gasteiger partial charge in [-0.3, -0.25) is 19.2 Å². The van der Waals surface area contributed by atoms with E-state index in [0.717, 1.165) is 16.3 Å². The predicted octanol–water partition coefficient (Wildman–Crippen LogP) is 1.30. The zero-order chi connectivity index (χ0) is 24.0. The van der Waals surface area contributed by atoms with E-state index < -0.39 is 61.0 Å². The van der Waals surface area contributed by atoms with Gasteiger partial charge in [-0.2, -0.15) is 0 Å². The second kappa shape index (κ2) is 8.30. The van der Waals surface area contributed by atoms with Crippen LogP contribution in [0, 0.1) is 0 Å². The molecule has 0 saturated carbocycles. The number of carbonyl (C=O) groups excluding carboxylic acids is 5. The van der Waals surface area contributed by atoms with E-state index >= 15 is 0 Å². The van der Waals surface area contributed by atoms with E-state index in [2.05, 4.69) is 11.9 Å². The fourth-order valence-electron chi connectivity index (χ4n) is 3.19. The van der Waals surface area contributed by atoms with Gasteiger partial charge in [-0.15, -0.1) is 0 Å². The third-order valence-electron chi connectivity index (χ3n) is 5.03. The number of urea groups is 1. The van der Waals surface area contributed by atoms with Crippen LogP contribution in [0.3, 0.4) is 0 Å². The van der Waals surface area contributed by atoms with Crippen LogP contribution in [0.25, 0.3) is 0 Å². The maximum atomic E-state index is 12.9. The first kappa shape index (κ1) is 24.9. The molecular weight excluding hydrogens is 440 g/mol. The number of hydrogen-bond donors (Lipinski definition) is 1. The molecule has 3 unspecified atom stereocenters. The normalized spacial score (nSPS) is 24.1. The highest BCUT2D eigenvalue weighted by Crippen LogP contribution is 2.40. The van der Waals surface area contributed by atoms with Crippen LogP contribution in [0.4, 0.5) is 4.79 Å². The molecule has 2 saturated heterocycles. The number of nitrogens with zero attached hydrogens (tertiary/aromatic N) is 3. The zero-order valence-corrected chi connectivity index (χ0v) is 21.0. The average molecular weight is 471 g/mol. The lowest BCUT2D eigenvalue weighted by Gasteiger charge is -2.50. The molecule has 0 radical (unpaired) electrons. The van der Waals surface area contributed by atoms with Crippen molar-refractivity contribution >= 4 is 50.0 Å². The van der Waals surface area contributed by atoms with E-state index in [1.807, 2.05) is 19.6 Å². The molecule has 2 aliphatic heterocycles. The van der Waals surface area contributed by atoms with E-state index in [9.17, 15) is 24.0 Å². The van der Waals surface area contributed by atoms with Gasteiger partial charge in [0.25, 0.3) is 5.91 Å². The standard InChI is InChI=1S/C19H30N4O6SSi/c1-10(2)13(16(26)29-31(7,8)9)22-14(25)12(20-11(3)24)15(22)30-23-17(27)19(4,5)21(6)18(23)28/h12-13,15H,1H2,2-9H3,(H,20,24). The number of rotatable bonds is 7. The Balaban J connectivity index is 2.39. The van der Waals surface area contributed by atoms with Crippen molar-refractivity contribution in [3.63, 3.8) is 0 Å². The smallest absolute Gasteiger partial charge is 0.337 e. The molecule has 0 bridgehead atoms. The Morgan fingerprint density at radius 1 is 1.19 bits per heavy atom. The molecule has 0 aromatic heterocycles. The van der Waals surface area contributed by atoms with Crippen molar-refractivity contribution in [1.82, 2.24) is 19.4 Å². The monoisotopic (exact) mass is 470 g/mol. The molecule has 1 N–H and O–H groups in total. The number of imide groups is 1. The Hall–Kier alpha value is -2.34. The second-order valence-electron chi connectivity index (χ2n) is 9.20. The molecule has 2 fully saturated rings. The SMILES string of the molecule is C=C(C)C(C(=O)O[Si](C)(C)C)N1C(=O)C(NC(C)=O)C1SN1C(=O)N(C)C(C)(C)C1=O. The average Bonchev–Trinajstić information content (AvgIpc) is 2.75. The Morgan fingerprint density at radius 3 is 2.13 bits per heavy atom. The number of nitrogens with one attached hydrogen (secondary N) is 1. The van der Waals surface area contributed by atoms with Crippen molar-refractivity contribution in [2.45, 2.75) is 70.3 Å². The van der Waals surface area contributed by atoms with Gasteiger partial charge in [0.2, 0.25) is 20.1 Å². The maximum Gasteiger partial charge on any atom is 0.337 e. The van der Waals surface area contributed by atoms with Crippen molar-refractivity contribution in [1.29, 1.82) is 0 Å². The van der Waals surface area contributed by atoms with Crippen molar-refractivity contribution in [3.05, 3.63) is 12.2 Å². The molecule has 2 heterocycles. The van der Waals surface area contributed by atoms with E-state index in [1.165, 1.54) is 23.8 Å². The summed E-state index contributed by atoms with van der Waals surface area (Å²) >= 11 is 0.805. The van der Waals surface area contributed by atoms with Gasteiger partial charge >= 0.3 is 12.0 Å². The fraction of sp³-hybridized carbons (Fsp3) is 0.632. The highest BCUT2D eigenvalue weighted by molar-refractivity contribution is 7.98. The van der Waals surface area contributed by atoms with E-state index in [1.54, 1.807) is 20.8 Å². The van der Waals surface area contributed by atoms with E-state index in [0.29, 0.717) is 5.57 Å². The lowest BCUT2D eigenvalue weighted by Crippen LogP contribution is -2.73. The topological polar surface area (TPSA) is 116 Å². The molecule has 172 valence electrons. The Bertz CT molecular complexity index is 855.